The molecule has 0 unspecified atom stereocenters. The molecule has 222 valence electrons. The highest BCUT2D eigenvalue weighted by molar-refractivity contribution is 6.62. The number of alkyl carbamates (subject to hydrolysis) is 1. The molecule has 0 bridgehead atoms. The predicted octanol–water partition coefficient (Wildman–Crippen LogP) is 3.83. The van der Waals surface area contributed by atoms with E-state index in [4.69, 9.17) is 23.8 Å². The van der Waals surface area contributed by atoms with Gasteiger partial charge in [-0.1, -0.05) is 38.1 Å². The minimum atomic E-state index is -0.707. The monoisotopic (exact) mass is 566 g/mol. The van der Waals surface area contributed by atoms with Crippen LogP contribution in [0.5, 0.6) is 0 Å². The summed E-state index contributed by atoms with van der Waals surface area (Å²) < 4.78 is 23.1. The van der Waals surface area contributed by atoms with Crippen molar-refractivity contribution in [3.8, 4) is 11.3 Å². The Bertz CT molecular complexity index is 1240. The Morgan fingerprint density at radius 3 is 2.41 bits per heavy atom. The largest absolute Gasteiger partial charge is 0.494 e. The van der Waals surface area contributed by atoms with Crippen LogP contribution in [0.2, 0.25) is 0 Å². The number of ether oxygens (including phenoxy) is 2. The number of methoxy groups -OCH3 is 1. The third-order valence-electron chi connectivity index (χ3n) is 9.25. The van der Waals surface area contributed by atoms with E-state index in [0.29, 0.717) is 13.2 Å². The number of carbonyl (C=O) groups excluding carboxylic acids is 2. The van der Waals surface area contributed by atoms with Crippen molar-refractivity contribution in [2.45, 2.75) is 84.1 Å². The molecule has 0 saturated carbocycles. The Balaban J connectivity index is 1.38. The summed E-state index contributed by atoms with van der Waals surface area (Å²) in [5.74, 6) is 0.477. The lowest BCUT2D eigenvalue weighted by molar-refractivity contribution is -0.136. The molecule has 3 saturated heterocycles. The van der Waals surface area contributed by atoms with Crippen molar-refractivity contribution in [1.82, 2.24) is 20.2 Å². The molecule has 3 atom stereocenters. The second-order valence-corrected chi connectivity index (χ2v) is 13.1. The first-order chi connectivity index (χ1) is 19.3. The molecule has 4 heterocycles. The molecule has 41 heavy (non-hydrogen) atoms. The van der Waals surface area contributed by atoms with Crippen molar-refractivity contribution in [2.75, 3.05) is 26.9 Å². The Kier molecular flexibility index (Phi) is 8.00. The maximum atomic E-state index is 13.9. The van der Waals surface area contributed by atoms with Gasteiger partial charge in [-0.25, -0.2) is 9.78 Å². The lowest BCUT2D eigenvalue weighted by Crippen LogP contribution is -2.51. The molecular formula is C30H43BN4O6. The lowest BCUT2D eigenvalue weighted by Gasteiger charge is -2.33. The number of likely N-dealkylation sites (tertiary alicyclic amines) is 1. The molecule has 0 radical (unpaired) electrons. The Morgan fingerprint density at radius 1 is 1.15 bits per heavy atom. The van der Waals surface area contributed by atoms with Gasteiger partial charge in [0.15, 0.2) is 0 Å². The second kappa shape index (κ2) is 11.1. The number of imidazole rings is 1. The van der Waals surface area contributed by atoms with Gasteiger partial charge in [-0.05, 0) is 63.9 Å². The minimum absolute atomic E-state index is 0.115. The first-order valence-electron chi connectivity index (χ1n) is 14.6. The van der Waals surface area contributed by atoms with Crippen LogP contribution in [0.4, 0.5) is 4.79 Å². The van der Waals surface area contributed by atoms with E-state index >= 15 is 0 Å². The maximum Gasteiger partial charge on any atom is 0.494 e. The fourth-order valence-electron chi connectivity index (χ4n) is 6.06. The number of amides is 2. The molecule has 2 amide bonds. The van der Waals surface area contributed by atoms with Crippen LogP contribution < -0.4 is 10.8 Å². The normalized spacial score (nSPS) is 26.0. The zero-order valence-corrected chi connectivity index (χ0v) is 25.3. The van der Waals surface area contributed by atoms with E-state index in [1.54, 1.807) is 0 Å². The van der Waals surface area contributed by atoms with Crippen LogP contribution >= 0.6 is 0 Å². The zero-order valence-electron chi connectivity index (χ0n) is 25.3. The van der Waals surface area contributed by atoms with Crippen molar-refractivity contribution < 1.29 is 28.4 Å². The molecule has 3 fully saturated rings. The van der Waals surface area contributed by atoms with E-state index in [1.165, 1.54) is 7.11 Å². The highest BCUT2D eigenvalue weighted by atomic mass is 16.7. The Morgan fingerprint density at radius 2 is 1.83 bits per heavy atom. The van der Waals surface area contributed by atoms with Crippen LogP contribution in [0, 0.1) is 11.3 Å². The summed E-state index contributed by atoms with van der Waals surface area (Å²) in [6.07, 6.45) is 3.89. The van der Waals surface area contributed by atoms with Crippen LogP contribution in [0.1, 0.15) is 72.7 Å². The van der Waals surface area contributed by atoms with Crippen molar-refractivity contribution in [1.29, 1.82) is 0 Å². The number of rotatable bonds is 6. The summed E-state index contributed by atoms with van der Waals surface area (Å²) in [6.45, 7) is 13.9. The van der Waals surface area contributed by atoms with Gasteiger partial charge in [0.1, 0.15) is 11.9 Å². The van der Waals surface area contributed by atoms with E-state index in [2.05, 4.69) is 10.3 Å². The average molecular weight is 567 g/mol. The molecule has 1 aromatic carbocycles. The topological polar surface area (TPSA) is 115 Å². The summed E-state index contributed by atoms with van der Waals surface area (Å²) in [6, 6.07) is 7.12. The summed E-state index contributed by atoms with van der Waals surface area (Å²) in [4.78, 5) is 36.1. The van der Waals surface area contributed by atoms with Crippen LogP contribution in [-0.2, 0) is 23.6 Å². The van der Waals surface area contributed by atoms with Gasteiger partial charge in [0.05, 0.1) is 42.9 Å². The van der Waals surface area contributed by atoms with Crippen LogP contribution in [0.25, 0.3) is 11.3 Å². The van der Waals surface area contributed by atoms with E-state index in [9.17, 15) is 9.59 Å². The van der Waals surface area contributed by atoms with Crippen molar-refractivity contribution in [3.63, 3.8) is 0 Å². The van der Waals surface area contributed by atoms with Crippen molar-refractivity contribution in [2.24, 2.45) is 11.3 Å². The van der Waals surface area contributed by atoms with Gasteiger partial charge in [-0.3, -0.25) is 4.79 Å². The lowest BCUT2D eigenvalue weighted by atomic mass is 9.79. The Labute approximate surface area is 243 Å². The van der Waals surface area contributed by atoms with Gasteiger partial charge in [0.25, 0.3) is 0 Å². The highest BCUT2D eigenvalue weighted by Crippen LogP contribution is 2.47. The third kappa shape index (κ3) is 5.76. The molecule has 3 aliphatic heterocycles. The summed E-state index contributed by atoms with van der Waals surface area (Å²) in [7, 11) is 0.877. The number of aromatic amines is 1. The molecule has 2 aromatic rings. The molecule has 11 heteroatoms. The number of nitrogens with one attached hydrogen (secondary N) is 2. The van der Waals surface area contributed by atoms with Crippen LogP contribution in [0.15, 0.2) is 30.5 Å². The van der Waals surface area contributed by atoms with Crippen molar-refractivity contribution >= 4 is 24.6 Å². The SMILES string of the molecule is COC(=O)N[C@H](C(=O)N1C[C@]2(CCCOC2)C[C@H]1c1ncc(-c2ccc(B3OC(C)(C)C(C)(C)O3)cc2)[nH]1)C(C)C. The molecule has 3 aliphatic rings. The molecule has 1 aromatic heterocycles. The average Bonchev–Trinajstić information content (AvgIpc) is 3.61. The van der Waals surface area contributed by atoms with Gasteiger partial charge in [-0.15, -0.1) is 0 Å². The zero-order chi connectivity index (χ0) is 29.6. The van der Waals surface area contributed by atoms with Gasteiger partial charge in [-0.2, -0.15) is 0 Å². The summed E-state index contributed by atoms with van der Waals surface area (Å²) >= 11 is 0. The van der Waals surface area contributed by atoms with E-state index in [0.717, 1.165) is 48.4 Å². The first kappa shape index (κ1) is 29.6. The van der Waals surface area contributed by atoms with Crippen molar-refractivity contribution in [3.05, 3.63) is 36.3 Å². The maximum absolute atomic E-state index is 13.9. The molecule has 0 aliphatic carbocycles. The highest BCUT2D eigenvalue weighted by Gasteiger charge is 2.52. The molecule has 2 N–H and O–H groups in total. The Hall–Kier alpha value is -2.89. The number of hydrogen-bond acceptors (Lipinski definition) is 7. The standard InChI is InChI=1S/C30H43BN4O6/c1-19(2)24(34-27(37)38-7)26(36)35-17-30(13-8-14-39-18-30)15-23(35)25-32-16-22(33-25)20-9-11-21(12-10-20)31-40-28(3,4)29(5,6)41-31/h9-12,16,19,23-24H,8,13-15,17-18H2,1-7H3,(H,32,33)(H,34,37)/t23-,24-,30-/m0/s1. The number of benzene rings is 1. The quantitative estimate of drug-likeness (QED) is 0.511. The third-order valence-corrected chi connectivity index (χ3v) is 9.25. The van der Waals surface area contributed by atoms with E-state index < -0.39 is 30.5 Å². The van der Waals surface area contributed by atoms with Crippen LogP contribution in [0.3, 0.4) is 0 Å². The summed E-state index contributed by atoms with van der Waals surface area (Å²) in [5.41, 5.74) is 1.85. The second-order valence-electron chi connectivity index (χ2n) is 13.1. The fourth-order valence-corrected chi connectivity index (χ4v) is 6.06. The molecular weight excluding hydrogens is 523 g/mol. The number of carbonyl (C=O) groups is 2. The van der Waals surface area contributed by atoms with Crippen LogP contribution in [-0.4, -0.2) is 78.1 Å². The fraction of sp³-hybridized carbons (Fsp3) is 0.633. The number of H-pyrrole nitrogens is 1. The molecule has 10 nitrogen and oxygen atoms in total. The smallest absolute Gasteiger partial charge is 0.453 e. The number of aromatic nitrogens is 2. The molecule has 1 spiro atoms. The minimum Gasteiger partial charge on any atom is -0.453 e. The predicted molar refractivity (Wildman–Crippen MR) is 155 cm³/mol. The number of nitrogens with zero attached hydrogens (tertiary/aromatic N) is 2. The number of hydrogen-bond donors (Lipinski definition) is 2. The van der Waals surface area contributed by atoms with E-state index in [1.807, 2.05) is 76.9 Å². The summed E-state index contributed by atoms with van der Waals surface area (Å²) in [5, 5.41) is 2.74. The van der Waals surface area contributed by atoms with Gasteiger partial charge < -0.3 is 34.0 Å². The first-order valence-corrected chi connectivity index (χ1v) is 14.6. The van der Waals surface area contributed by atoms with Gasteiger partial charge >= 0.3 is 13.2 Å². The van der Waals surface area contributed by atoms with E-state index in [-0.39, 0.29) is 23.3 Å². The van der Waals surface area contributed by atoms with Gasteiger partial charge in [0, 0.05) is 18.6 Å². The molecule has 5 rings (SSSR count). The van der Waals surface area contributed by atoms with Gasteiger partial charge in [0.2, 0.25) is 5.91 Å².